The highest BCUT2D eigenvalue weighted by molar-refractivity contribution is 7.10. The summed E-state index contributed by atoms with van der Waals surface area (Å²) in [5, 5.41) is 6.49. The van der Waals surface area contributed by atoms with Crippen LogP contribution in [0.3, 0.4) is 0 Å². The highest BCUT2D eigenvalue weighted by Crippen LogP contribution is 2.35. The molecule has 1 aliphatic heterocycles. The van der Waals surface area contributed by atoms with Crippen molar-refractivity contribution in [2.45, 2.75) is 19.3 Å². The molecule has 17 heavy (non-hydrogen) atoms. The molecule has 0 saturated carbocycles. The predicted octanol–water partition coefficient (Wildman–Crippen LogP) is 4.46. The molecule has 0 fully saturated rings. The number of halogens is 1. The summed E-state index contributed by atoms with van der Waals surface area (Å²) in [4.78, 5) is 1.47. The lowest BCUT2D eigenvalue weighted by molar-refractivity contribution is 0.707. The van der Waals surface area contributed by atoms with E-state index in [0.29, 0.717) is 5.92 Å². The van der Waals surface area contributed by atoms with Crippen LogP contribution < -0.4 is 5.32 Å². The molecule has 1 nitrogen and oxygen atoms in total. The third kappa shape index (κ3) is 2.07. The lowest BCUT2D eigenvalue weighted by Crippen LogP contribution is -2.20. The normalized spacial score (nSPS) is 18.6. The quantitative estimate of drug-likeness (QED) is 0.801. The number of aryl methyl sites for hydroxylation is 1. The first-order chi connectivity index (χ1) is 8.24. The zero-order valence-corrected chi connectivity index (χ0v) is 11.2. The van der Waals surface area contributed by atoms with Crippen LogP contribution in [0.2, 0.25) is 5.02 Å². The van der Waals surface area contributed by atoms with Gasteiger partial charge >= 0.3 is 0 Å². The van der Waals surface area contributed by atoms with E-state index in [-0.39, 0.29) is 0 Å². The van der Waals surface area contributed by atoms with E-state index in [1.807, 2.05) is 11.3 Å². The van der Waals surface area contributed by atoms with Crippen molar-refractivity contribution in [2.24, 2.45) is 0 Å². The summed E-state index contributed by atoms with van der Waals surface area (Å²) in [5.74, 6) is 0.600. The number of fused-ring (bicyclic) bond motifs is 1. The fourth-order valence-corrected chi connectivity index (χ4v) is 3.36. The summed E-state index contributed by atoms with van der Waals surface area (Å²) in [6.45, 7) is 3.07. The standard InChI is InChI=1S/C14H14ClNS/c1-9-5-10-6-11(14-3-2-4-17-14)8-16-13(10)7-12(9)15/h2-5,7,11,16H,6,8H2,1H3. The van der Waals surface area contributed by atoms with Gasteiger partial charge in [0.15, 0.2) is 0 Å². The zero-order valence-electron chi connectivity index (χ0n) is 9.66. The van der Waals surface area contributed by atoms with E-state index >= 15 is 0 Å². The second-order valence-corrected chi connectivity index (χ2v) is 5.94. The molecule has 2 heterocycles. The molecule has 0 saturated heterocycles. The fourth-order valence-electron chi connectivity index (χ4n) is 2.37. The van der Waals surface area contributed by atoms with Crippen molar-refractivity contribution in [3.05, 3.63) is 50.7 Å². The molecule has 1 unspecified atom stereocenters. The summed E-state index contributed by atoms with van der Waals surface area (Å²) >= 11 is 7.99. The van der Waals surface area contributed by atoms with Crippen molar-refractivity contribution in [3.8, 4) is 0 Å². The van der Waals surface area contributed by atoms with Crippen LogP contribution in [0.15, 0.2) is 29.6 Å². The Balaban J connectivity index is 1.93. The average Bonchev–Trinajstić information content (AvgIpc) is 2.83. The van der Waals surface area contributed by atoms with E-state index in [1.54, 1.807) is 0 Å². The average molecular weight is 264 g/mol. The highest BCUT2D eigenvalue weighted by Gasteiger charge is 2.21. The minimum atomic E-state index is 0.600. The van der Waals surface area contributed by atoms with Crippen LogP contribution in [0, 0.1) is 6.92 Å². The molecule has 2 aromatic rings. The van der Waals surface area contributed by atoms with Crippen molar-refractivity contribution < 1.29 is 0 Å². The molecule has 0 amide bonds. The first kappa shape index (κ1) is 11.1. The SMILES string of the molecule is Cc1cc2c(cc1Cl)NCC(c1cccs1)C2. The van der Waals surface area contributed by atoms with Crippen molar-refractivity contribution in [1.29, 1.82) is 0 Å². The number of rotatable bonds is 1. The third-order valence-electron chi connectivity index (χ3n) is 3.34. The Labute approximate surface area is 110 Å². The van der Waals surface area contributed by atoms with E-state index in [4.69, 9.17) is 11.6 Å². The third-order valence-corrected chi connectivity index (χ3v) is 4.78. The van der Waals surface area contributed by atoms with Crippen LogP contribution in [-0.2, 0) is 6.42 Å². The molecule has 1 atom stereocenters. The van der Waals surface area contributed by atoms with E-state index in [9.17, 15) is 0 Å². The fraction of sp³-hybridized carbons (Fsp3) is 0.286. The number of nitrogens with one attached hydrogen (secondary N) is 1. The van der Waals surface area contributed by atoms with Crippen LogP contribution in [0.25, 0.3) is 0 Å². The smallest absolute Gasteiger partial charge is 0.0455 e. The Morgan fingerprint density at radius 3 is 3.06 bits per heavy atom. The van der Waals surface area contributed by atoms with Gasteiger partial charge in [0, 0.05) is 28.0 Å². The molecule has 0 aliphatic carbocycles. The molecule has 3 heteroatoms. The summed E-state index contributed by atoms with van der Waals surface area (Å²) in [6, 6.07) is 8.62. The Bertz CT molecular complexity index is 533. The summed E-state index contributed by atoms with van der Waals surface area (Å²) in [5.41, 5.74) is 3.75. The Hall–Kier alpha value is -0.990. The van der Waals surface area contributed by atoms with Gasteiger partial charge in [-0.15, -0.1) is 11.3 Å². The summed E-state index contributed by atoms with van der Waals surface area (Å²) in [7, 11) is 0. The van der Waals surface area contributed by atoms with Gasteiger partial charge in [0.2, 0.25) is 0 Å². The van der Waals surface area contributed by atoms with Gasteiger partial charge < -0.3 is 5.32 Å². The number of hydrogen-bond acceptors (Lipinski definition) is 2. The van der Waals surface area contributed by atoms with Gasteiger partial charge in [0.1, 0.15) is 0 Å². The molecule has 88 valence electrons. The van der Waals surface area contributed by atoms with E-state index in [1.165, 1.54) is 21.7 Å². The first-order valence-corrected chi connectivity index (χ1v) is 7.06. The van der Waals surface area contributed by atoms with Crippen LogP contribution in [0.5, 0.6) is 0 Å². The zero-order chi connectivity index (χ0) is 11.8. The van der Waals surface area contributed by atoms with Crippen LogP contribution in [-0.4, -0.2) is 6.54 Å². The van der Waals surface area contributed by atoms with Crippen LogP contribution in [0.1, 0.15) is 21.9 Å². The minimum absolute atomic E-state index is 0.600. The van der Waals surface area contributed by atoms with Gasteiger partial charge in [-0.25, -0.2) is 0 Å². The lowest BCUT2D eigenvalue weighted by atomic mass is 9.92. The van der Waals surface area contributed by atoms with Crippen molar-refractivity contribution >= 4 is 28.6 Å². The molecule has 0 radical (unpaired) electrons. The summed E-state index contributed by atoms with van der Waals surface area (Å²) < 4.78 is 0. The van der Waals surface area contributed by atoms with Crippen molar-refractivity contribution in [2.75, 3.05) is 11.9 Å². The maximum Gasteiger partial charge on any atom is 0.0455 e. The number of benzene rings is 1. The van der Waals surface area contributed by atoms with Crippen LogP contribution >= 0.6 is 22.9 Å². The first-order valence-electron chi connectivity index (χ1n) is 5.80. The Kier molecular flexibility index (Phi) is 2.85. The second kappa shape index (κ2) is 4.35. The van der Waals surface area contributed by atoms with Gasteiger partial charge in [0.25, 0.3) is 0 Å². The second-order valence-electron chi connectivity index (χ2n) is 4.56. The van der Waals surface area contributed by atoms with Gasteiger partial charge in [-0.05, 0) is 42.0 Å². The highest BCUT2D eigenvalue weighted by atomic mass is 35.5. The van der Waals surface area contributed by atoms with Gasteiger partial charge in [-0.2, -0.15) is 0 Å². The Morgan fingerprint density at radius 1 is 1.41 bits per heavy atom. The van der Waals surface area contributed by atoms with E-state index < -0.39 is 0 Å². The van der Waals surface area contributed by atoms with Crippen molar-refractivity contribution in [1.82, 2.24) is 0 Å². The van der Waals surface area contributed by atoms with Crippen molar-refractivity contribution in [3.63, 3.8) is 0 Å². The van der Waals surface area contributed by atoms with Crippen LogP contribution in [0.4, 0.5) is 5.69 Å². The monoisotopic (exact) mass is 263 g/mol. The lowest BCUT2D eigenvalue weighted by Gasteiger charge is -2.26. The maximum absolute atomic E-state index is 6.14. The molecule has 3 rings (SSSR count). The molecule has 1 aromatic carbocycles. The van der Waals surface area contributed by atoms with Gasteiger partial charge in [-0.3, -0.25) is 0 Å². The minimum Gasteiger partial charge on any atom is -0.384 e. The predicted molar refractivity (Wildman–Crippen MR) is 75.4 cm³/mol. The molecule has 1 N–H and O–H groups in total. The van der Waals surface area contributed by atoms with Gasteiger partial charge in [0.05, 0.1) is 0 Å². The number of anilines is 1. The maximum atomic E-state index is 6.14. The number of hydrogen-bond donors (Lipinski definition) is 1. The molecule has 1 aliphatic rings. The molecular weight excluding hydrogens is 250 g/mol. The van der Waals surface area contributed by atoms with E-state index in [0.717, 1.165) is 18.0 Å². The molecular formula is C14H14ClNS. The largest absolute Gasteiger partial charge is 0.384 e. The summed E-state index contributed by atoms with van der Waals surface area (Å²) in [6.07, 6.45) is 1.11. The number of thiophene rings is 1. The molecule has 0 spiro atoms. The van der Waals surface area contributed by atoms with E-state index in [2.05, 4.69) is 41.9 Å². The molecule has 0 bridgehead atoms. The van der Waals surface area contributed by atoms with Gasteiger partial charge in [-0.1, -0.05) is 23.7 Å². The topological polar surface area (TPSA) is 12.0 Å². The molecule has 1 aromatic heterocycles. The Morgan fingerprint density at radius 2 is 2.29 bits per heavy atom.